The molecule has 1 aromatic carbocycles. The second kappa shape index (κ2) is 4.24. The molecule has 0 bridgehead atoms. The van der Waals surface area contributed by atoms with Crippen molar-refractivity contribution in [2.24, 2.45) is 5.84 Å². The molecule has 5 nitrogen and oxygen atoms in total. The Bertz CT molecular complexity index is 519. The molecule has 2 aromatic rings. The Balaban J connectivity index is 2.37. The van der Waals surface area contributed by atoms with E-state index in [1.54, 1.807) is 7.11 Å². The third-order valence-electron chi connectivity index (χ3n) is 2.45. The minimum Gasteiger partial charge on any atom is -0.497 e. The highest BCUT2D eigenvalue weighted by atomic mass is 16.5. The molecule has 0 aliphatic rings. The molecule has 1 amide bonds. The van der Waals surface area contributed by atoms with Crippen molar-refractivity contribution in [2.45, 2.75) is 6.54 Å². The van der Waals surface area contributed by atoms with Crippen LogP contribution in [0.4, 0.5) is 0 Å². The second-order valence-electron chi connectivity index (χ2n) is 3.44. The summed E-state index contributed by atoms with van der Waals surface area (Å²) in [6.45, 7) is 0.215. The Hall–Kier alpha value is -2.01. The van der Waals surface area contributed by atoms with Gasteiger partial charge in [0.15, 0.2) is 0 Å². The van der Waals surface area contributed by atoms with Crippen molar-refractivity contribution >= 4 is 16.8 Å². The highest BCUT2D eigenvalue weighted by molar-refractivity contribution is 5.84. The van der Waals surface area contributed by atoms with Gasteiger partial charge < -0.3 is 9.30 Å². The Morgan fingerprint density at radius 1 is 1.50 bits per heavy atom. The summed E-state index contributed by atoms with van der Waals surface area (Å²) < 4.78 is 6.96. The van der Waals surface area contributed by atoms with Crippen molar-refractivity contribution < 1.29 is 9.53 Å². The standard InChI is InChI=1S/C11H13N3O2/c1-16-9-2-3-10-8(6-9)4-5-14(10)7-11(15)13-12/h2-6H,7,12H2,1H3,(H,13,15). The number of hydrazine groups is 1. The van der Waals surface area contributed by atoms with Crippen LogP contribution in [0.5, 0.6) is 5.75 Å². The van der Waals surface area contributed by atoms with Crippen molar-refractivity contribution in [1.82, 2.24) is 9.99 Å². The summed E-state index contributed by atoms with van der Waals surface area (Å²) in [4.78, 5) is 11.2. The fraction of sp³-hybridized carbons (Fsp3) is 0.182. The first kappa shape index (κ1) is 10.5. The van der Waals surface area contributed by atoms with Crippen molar-refractivity contribution in [3.8, 4) is 5.75 Å². The molecule has 0 spiro atoms. The number of ether oxygens (including phenoxy) is 1. The molecule has 1 heterocycles. The van der Waals surface area contributed by atoms with Gasteiger partial charge in [0.25, 0.3) is 5.91 Å². The predicted molar refractivity (Wildman–Crippen MR) is 60.8 cm³/mol. The summed E-state index contributed by atoms with van der Waals surface area (Å²) in [5.41, 5.74) is 3.08. The van der Waals surface area contributed by atoms with Gasteiger partial charge in [-0.3, -0.25) is 10.2 Å². The van der Waals surface area contributed by atoms with Crippen LogP contribution >= 0.6 is 0 Å². The van der Waals surface area contributed by atoms with E-state index in [0.717, 1.165) is 16.7 Å². The second-order valence-corrected chi connectivity index (χ2v) is 3.44. The Morgan fingerprint density at radius 2 is 2.31 bits per heavy atom. The van der Waals surface area contributed by atoms with Crippen molar-refractivity contribution in [1.29, 1.82) is 0 Å². The Morgan fingerprint density at radius 3 is 3.00 bits per heavy atom. The fourth-order valence-corrected chi connectivity index (χ4v) is 1.64. The number of benzene rings is 1. The third kappa shape index (κ3) is 1.85. The number of aromatic nitrogens is 1. The van der Waals surface area contributed by atoms with E-state index in [1.807, 2.05) is 35.0 Å². The molecule has 5 heteroatoms. The van der Waals surface area contributed by atoms with E-state index in [-0.39, 0.29) is 12.5 Å². The number of nitrogens with zero attached hydrogens (tertiary/aromatic N) is 1. The van der Waals surface area contributed by atoms with Crippen molar-refractivity contribution in [3.05, 3.63) is 30.5 Å². The lowest BCUT2D eigenvalue weighted by atomic mass is 10.2. The van der Waals surface area contributed by atoms with Gasteiger partial charge in [-0.05, 0) is 24.3 Å². The zero-order valence-corrected chi connectivity index (χ0v) is 8.93. The van der Waals surface area contributed by atoms with Gasteiger partial charge in [0.2, 0.25) is 0 Å². The van der Waals surface area contributed by atoms with Crippen LogP contribution in [0.15, 0.2) is 30.5 Å². The van der Waals surface area contributed by atoms with E-state index < -0.39 is 0 Å². The normalized spacial score (nSPS) is 10.4. The van der Waals surface area contributed by atoms with Crippen LogP contribution in [0.25, 0.3) is 10.9 Å². The molecule has 0 aliphatic carbocycles. The molecule has 0 aliphatic heterocycles. The van der Waals surface area contributed by atoms with Crippen LogP contribution in [-0.2, 0) is 11.3 Å². The number of hydrogen-bond donors (Lipinski definition) is 2. The highest BCUT2D eigenvalue weighted by Gasteiger charge is 2.05. The summed E-state index contributed by atoms with van der Waals surface area (Å²) in [5.74, 6) is 5.62. The van der Waals surface area contributed by atoms with Gasteiger partial charge >= 0.3 is 0 Å². The van der Waals surface area contributed by atoms with Gasteiger partial charge in [-0.25, -0.2) is 5.84 Å². The van der Waals surface area contributed by atoms with E-state index in [4.69, 9.17) is 10.6 Å². The number of methoxy groups -OCH3 is 1. The van der Waals surface area contributed by atoms with Gasteiger partial charge in [-0.2, -0.15) is 0 Å². The van der Waals surface area contributed by atoms with Crippen LogP contribution in [-0.4, -0.2) is 17.6 Å². The molecule has 0 fully saturated rings. The van der Waals surface area contributed by atoms with Crippen molar-refractivity contribution in [2.75, 3.05) is 7.11 Å². The van der Waals surface area contributed by atoms with E-state index in [1.165, 1.54) is 0 Å². The lowest BCUT2D eigenvalue weighted by Gasteiger charge is -2.04. The molecule has 0 unspecified atom stereocenters. The van der Waals surface area contributed by atoms with Crippen LogP contribution < -0.4 is 16.0 Å². The lowest BCUT2D eigenvalue weighted by molar-refractivity contribution is -0.121. The first-order chi connectivity index (χ1) is 7.74. The molecule has 1 aromatic heterocycles. The number of nitrogens with two attached hydrogens (primary N) is 1. The van der Waals surface area contributed by atoms with E-state index in [9.17, 15) is 4.79 Å². The lowest BCUT2D eigenvalue weighted by Crippen LogP contribution is -2.33. The predicted octanol–water partition coefficient (Wildman–Crippen LogP) is 0.640. The minimum atomic E-state index is -0.228. The van der Waals surface area contributed by atoms with Crippen molar-refractivity contribution in [3.63, 3.8) is 0 Å². The minimum absolute atomic E-state index is 0.215. The molecular formula is C11H13N3O2. The Kier molecular flexibility index (Phi) is 2.78. The van der Waals surface area contributed by atoms with Crippen LogP contribution in [0.2, 0.25) is 0 Å². The smallest absolute Gasteiger partial charge is 0.253 e. The summed E-state index contributed by atoms with van der Waals surface area (Å²) in [6, 6.07) is 7.63. The average Bonchev–Trinajstić information content (AvgIpc) is 2.71. The van der Waals surface area contributed by atoms with Gasteiger partial charge in [0.1, 0.15) is 12.3 Å². The SMILES string of the molecule is COc1ccc2c(ccn2CC(=O)NN)c1. The van der Waals surface area contributed by atoms with E-state index >= 15 is 0 Å². The molecule has 0 saturated heterocycles. The molecule has 2 rings (SSSR count). The van der Waals surface area contributed by atoms with E-state index in [2.05, 4.69) is 5.43 Å². The van der Waals surface area contributed by atoms with Gasteiger partial charge in [-0.1, -0.05) is 0 Å². The summed E-state index contributed by atoms with van der Waals surface area (Å²) in [6.07, 6.45) is 1.85. The largest absolute Gasteiger partial charge is 0.497 e. The molecule has 0 radical (unpaired) electrons. The maximum absolute atomic E-state index is 11.2. The van der Waals surface area contributed by atoms with Crippen LogP contribution in [0.3, 0.4) is 0 Å². The van der Waals surface area contributed by atoms with E-state index in [0.29, 0.717) is 0 Å². The maximum atomic E-state index is 11.2. The Labute approximate surface area is 92.8 Å². The number of nitrogens with one attached hydrogen (secondary N) is 1. The van der Waals surface area contributed by atoms with Crippen LogP contribution in [0, 0.1) is 0 Å². The number of fused-ring (bicyclic) bond motifs is 1. The number of carbonyl (C=O) groups is 1. The van der Waals surface area contributed by atoms with Gasteiger partial charge in [-0.15, -0.1) is 0 Å². The first-order valence-electron chi connectivity index (χ1n) is 4.87. The topological polar surface area (TPSA) is 69.3 Å². The fourth-order valence-electron chi connectivity index (χ4n) is 1.64. The first-order valence-corrected chi connectivity index (χ1v) is 4.87. The highest BCUT2D eigenvalue weighted by Crippen LogP contribution is 2.21. The zero-order chi connectivity index (χ0) is 11.5. The number of hydrogen-bond acceptors (Lipinski definition) is 3. The number of carbonyl (C=O) groups excluding carboxylic acids is 1. The summed E-state index contributed by atoms with van der Waals surface area (Å²) in [5, 5.41) is 1.03. The number of amides is 1. The molecule has 0 saturated carbocycles. The zero-order valence-electron chi connectivity index (χ0n) is 8.93. The molecule has 84 valence electrons. The molecule has 3 N–H and O–H groups in total. The van der Waals surface area contributed by atoms with Gasteiger partial charge in [0.05, 0.1) is 7.11 Å². The number of rotatable bonds is 3. The quantitative estimate of drug-likeness (QED) is 0.452. The summed E-state index contributed by atoms with van der Waals surface area (Å²) >= 11 is 0. The molecular weight excluding hydrogens is 206 g/mol. The van der Waals surface area contributed by atoms with Crippen LogP contribution in [0.1, 0.15) is 0 Å². The molecule has 16 heavy (non-hydrogen) atoms. The third-order valence-corrected chi connectivity index (χ3v) is 2.45. The van der Waals surface area contributed by atoms with Gasteiger partial charge in [0, 0.05) is 17.1 Å². The average molecular weight is 219 g/mol. The maximum Gasteiger partial charge on any atom is 0.253 e. The monoisotopic (exact) mass is 219 g/mol. The molecule has 0 atom stereocenters. The summed E-state index contributed by atoms with van der Waals surface area (Å²) in [7, 11) is 1.63.